The van der Waals surface area contributed by atoms with Crippen LogP contribution in [0.15, 0.2) is 53.0 Å². The third-order valence-corrected chi connectivity index (χ3v) is 6.43. The number of unbranched alkanes of at least 4 members (excludes halogenated alkanes) is 4. The van der Waals surface area contributed by atoms with Gasteiger partial charge >= 0.3 is 0 Å². The van der Waals surface area contributed by atoms with Gasteiger partial charge in [0.15, 0.2) is 0 Å². The Morgan fingerprint density at radius 3 is 2.26 bits per heavy atom. The van der Waals surface area contributed by atoms with Crippen LogP contribution in [-0.2, 0) is 4.79 Å². The molecule has 166 valence electrons. The van der Waals surface area contributed by atoms with Crippen molar-refractivity contribution < 1.29 is 9.59 Å². The number of halogens is 1. The summed E-state index contributed by atoms with van der Waals surface area (Å²) in [5.41, 5.74) is 2.49. The Balaban J connectivity index is 1.45. The molecule has 2 aromatic rings. The molecule has 3 rings (SSSR count). The molecule has 0 aromatic heterocycles. The SMILES string of the molecule is CCCCCCCC(=O)N1CCN(c2ccc(NC(=O)c3ccccc3Br)cc2)CC1. The van der Waals surface area contributed by atoms with Gasteiger partial charge in [-0.05, 0) is 58.7 Å². The van der Waals surface area contributed by atoms with Crippen molar-refractivity contribution in [2.45, 2.75) is 45.4 Å². The van der Waals surface area contributed by atoms with Gasteiger partial charge in [0.1, 0.15) is 0 Å². The number of nitrogens with one attached hydrogen (secondary N) is 1. The third-order valence-electron chi connectivity index (χ3n) is 5.74. The van der Waals surface area contributed by atoms with Gasteiger partial charge in [0.25, 0.3) is 5.91 Å². The molecular weight excluding hydrogens is 454 g/mol. The molecule has 1 heterocycles. The van der Waals surface area contributed by atoms with Crippen LogP contribution in [0.2, 0.25) is 0 Å². The fourth-order valence-corrected chi connectivity index (χ4v) is 4.32. The summed E-state index contributed by atoms with van der Waals surface area (Å²) in [6.45, 7) is 5.43. The highest BCUT2D eigenvalue weighted by molar-refractivity contribution is 9.10. The molecule has 31 heavy (non-hydrogen) atoms. The molecule has 2 aromatic carbocycles. The maximum atomic E-state index is 12.5. The zero-order valence-electron chi connectivity index (χ0n) is 18.3. The van der Waals surface area contributed by atoms with E-state index in [0.29, 0.717) is 17.9 Å². The Bertz CT molecular complexity index is 861. The van der Waals surface area contributed by atoms with Gasteiger partial charge in [0.2, 0.25) is 5.91 Å². The first-order chi connectivity index (χ1) is 15.1. The van der Waals surface area contributed by atoms with Gasteiger partial charge in [-0.3, -0.25) is 9.59 Å². The molecule has 0 unspecified atom stereocenters. The average Bonchev–Trinajstić information content (AvgIpc) is 2.79. The Labute approximate surface area is 193 Å². The molecule has 5 nitrogen and oxygen atoms in total. The normalized spacial score (nSPS) is 13.9. The van der Waals surface area contributed by atoms with E-state index in [1.54, 1.807) is 6.07 Å². The van der Waals surface area contributed by atoms with E-state index in [1.807, 2.05) is 47.4 Å². The number of carbonyl (C=O) groups is 2. The van der Waals surface area contributed by atoms with E-state index in [9.17, 15) is 9.59 Å². The predicted molar refractivity (Wildman–Crippen MR) is 131 cm³/mol. The topological polar surface area (TPSA) is 52.7 Å². The average molecular weight is 486 g/mol. The number of rotatable bonds is 9. The van der Waals surface area contributed by atoms with Gasteiger partial charge in [-0.15, -0.1) is 0 Å². The van der Waals surface area contributed by atoms with Crippen molar-refractivity contribution in [3.05, 3.63) is 58.6 Å². The lowest BCUT2D eigenvalue weighted by Crippen LogP contribution is -2.48. The number of anilines is 2. The van der Waals surface area contributed by atoms with Gasteiger partial charge in [-0.1, -0.05) is 44.7 Å². The van der Waals surface area contributed by atoms with Crippen LogP contribution < -0.4 is 10.2 Å². The second-order valence-corrected chi connectivity index (χ2v) is 8.87. The van der Waals surface area contributed by atoms with Crippen molar-refractivity contribution in [1.29, 1.82) is 0 Å². The molecule has 0 bridgehead atoms. The van der Waals surface area contributed by atoms with E-state index in [0.717, 1.165) is 54.9 Å². The second kappa shape index (κ2) is 11.9. The van der Waals surface area contributed by atoms with Gasteiger partial charge in [-0.25, -0.2) is 0 Å². The number of piperazine rings is 1. The summed E-state index contributed by atoms with van der Waals surface area (Å²) in [5.74, 6) is 0.156. The van der Waals surface area contributed by atoms with Crippen molar-refractivity contribution in [1.82, 2.24) is 4.90 Å². The van der Waals surface area contributed by atoms with Gasteiger partial charge in [-0.2, -0.15) is 0 Å². The van der Waals surface area contributed by atoms with Crippen LogP contribution >= 0.6 is 15.9 Å². The molecule has 6 heteroatoms. The number of hydrogen-bond donors (Lipinski definition) is 1. The summed E-state index contributed by atoms with van der Waals surface area (Å²) in [6, 6.07) is 15.3. The highest BCUT2D eigenvalue weighted by Crippen LogP contribution is 2.22. The summed E-state index contributed by atoms with van der Waals surface area (Å²) in [4.78, 5) is 29.2. The van der Waals surface area contributed by atoms with Crippen molar-refractivity contribution >= 4 is 39.1 Å². The molecule has 0 spiro atoms. The van der Waals surface area contributed by atoms with Crippen molar-refractivity contribution in [3.8, 4) is 0 Å². The molecule has 1 N–H and O–H groups in total. The summed E-state index contributed by atoms with van der Waals surface area (Å²) >= 11 is 3.42. The van der Waals surface area contributed by atoms with Crippen LogP contribution in [0.1, 0.15) is 55.8 Å². The monoisotopic (exact) mass is 485 g/mol. The van der Waals surface area contributed by atoms with E-state index < -0.39 is 0 Å². The number of hydrogen-bond acceptors (Lipinski definition) is 3. The minimum absolute atomic E-state index is 0.137. The zero-order valence-corrected chi connectivity index (χ0v) is 19.9. The molecule has 0 aliphatic carbocycles. The minimum Gasteiger partial charge on any atom is -0.368 e. The molecule has 0 radical (unpaired) electrons. The minimum atomic E-state index is -0.137. The van der Waals surface area contributed by atoms with Gasteiger partial charge < -0.3 is 15.1 Å². The first-order valence-electron chi connectivity index (χ1n) is 11.3. The summed E-state index contributed by atoms with van der Waals surface area (Å²) in [7, 11) is 0. The van der Waals surface area contributed by atoms with E-state index >= 15 is 0 Å². The maximum absolute atomic E-state index is 12.5. The van der Waals surface area contributed by atoms with Crippen LogP contribution in [0, 0.1) is 0 Å². The lowest BCUT2D eigenvalue weighted by atomic mass is 10.1. The van der Waals surface area contributed by atoms with Crippen molar-refractivity contribution in [2.75, 3.05) is 36.4 Å². The molecule has 0 atom stereocenters. The smallest absolute Gasteiger partial charge is 0.256 e. The van der Waals surface area contributed by atoms with E-state index in [-0.39, 0.29) is 5.91 Å². The summed E-state index contributed by atoms with van der Waals surface area (Å²) < 4.78 is 0.775. The van der Waals surface area contributed by atoms with Crippen molar-refractivity contribution in [2.24, 2.45) is 0 Å². The molecule has 1 aliphatic rings. The second-order valence-electron chi connectivity index (χ2n) is 8.01. The highest BCUT2D eigenvalue weighted by atomic mass is 79.9. The number of carbonyl (C=O) groups excluding carboxylic acids is 2. The maximum Gasteiger partial charge on any atom is 0.256 e. The quantitative estimate of drug-likeness (QED) is 0.462. The highest BCUT2D eigenvalue weighted by Gasteiger charge is 2.21. The van der Waals surface area contributed by atoms with E-state index in [2.05, 4.69) is 33.1 Å². The van der Waals surface area contributed by atoms with Crippen LogP contribution in [0.4, 0.5) is 11.4 Å². The van der Waals surface area contributed by atoms with Crippen LogP contribution in [0.25, 0.3) is 0 Å². The summed E-state index contributed by atoms with van der Waals surface area (Å²) in [5, 5.41) is 2.94. The van der Waals surface area contributed by atoms with Crippen molar-refractivity contribution in [3.63, 3.8) is 0 Å². The zero-order chi connectivity index (χ0) is 22.1. The number of benzene rings is 2. The van der Waals surface area contributed by atoms with E-state index in [1.165, 1.54) is 19.3 Å². The largest absolute Gasteiger partial charge is 0.368 e. The lowest BCUT2D eigenvalue weighted by Gasteiger charge is -2.36. The van der Waals surface area contributed by atoms with Crippen LogP contribution in [-0.4, -0.2) is 42.9 Å². The van der Waals surface area contributed by atoms with Gasteiger partial charge in [0, 0.05) is 48.4 Å². The number of amides is 2. The Kier molecular flexibility index (Phi) is 8.95. The predicted octanol–water partition coefficient (Wildman–Crippen LogP) is 5.71. The fourth-order valence-electron chi connectivity index (χ4n) is 3.85. The lowest BCUT2D eigenvalue weighted by molar-refractivity contribution is -0.131. The Hall–Kier alpha value is -2.34. The van der Waals surface area contributed by atoms with Crippen LogP contribution in [0.3, 0.4) is 0 Å². The molecule has 1 saturated heterocycles. The Morgan fingerprint density at radius 1 is 0.903 bits per heavy atom. The molecular formula is C25H32BrN3O2. The molecule has 1 fully saturated rings. The summed E-state index contributed by atoms with van der Waals surface area (Å²) in [6.07, 6.45) is 6.56. The molecule has 2 amide bonds. The molecule has 1 aliphatic heterocycles. The van der Waals surface area contributed by atoms with Gasteiger partial charge in [0.05, 0.1) is 5.56 Å². The fraction of sp³-hybridized carbons (Fsp3) is 0.440. The third kappa shape index (κ3) is 6.82. The first-order valence-corrected chi connectivity index (χ1v) is 12.1. The number of nitrogens with zero attached hydrogens (tertiary/aromatic N) is 2. The van der Waals surface area contributed by atoms with Crippen LogP contribution in [0.5, 0.6) is 0 Å². The Morgan fingerprint density at radius 2 is 1.58 bits per heavy atom. The van der Waals surface area contributed by atoms with E-state index in [4.69, 9.17) is 0 Å². The molecule has 0 saturated carbocycles. The standard InChI is InChI=1S/C25H32BrN3O2/c1-2-3-4-5-6-11-24(30)29-18-16-28(17-19-29)21-14-12-20(13-15-21)27-25(31)22-9-7-8-10-23(22)26/h7-10,12-15H,2-6,11,16-19H2,1H3,(H,27,31). The first kappa shape index (κ1) is 23.3.